The third kappa shape index (κ3) is 3.06. The minimum Gasteiger partial charge on any atom is -0.302 e. The van der Waals surface area contributed by atoms with Crippen LogP contribution in [-0.2, 0) is 0 Å². The van der Waals surface area contributed by atoms with Gasteiger partial charge >= 0.3 is 0 Å². The predicted octanol–water partition coefficient (Wildman–Crippen LogP) is 5.12. The van der Waals surface area contributed by atoms with Crippen LogP contribution >= 0.6 is 11.6 Å². The van der Waals surface area contributed by atoms with Crippen molar-refractivity contribution in [3.8, 4) is 0 Å². The summed E-state index contributed by atoms with van der Waals surface area (Å²) in [6, 6.07) is 24.7. The molecule has 0 bridgehead atoms. The van der Waals surface area contributed by atoms with E-state index in [0.717, 1.165) is 17.0 Å². The third-order valence-electron chi connectivity index (χ3n) is 4.17. The zero-order valence-corrected chi connectivity index (χ0v) is 14.1. The number of aliphatic imine (C=N–C) groups is 1. The lowest BCUT2D eigenvalue weighted by Gasteiger charge is -2.22. The molecule has 122 valence electrons. The highest BCUT2D eigenvalue weighted by atomic mass is 35.5. The van der Waals surface area contributed by atoms with E-state index in [4.69, 9.17) is 16.6 Å². The summed E-state index contributed by atoms with van der Waals surface area (Å²) >= 11 is 6.14. The van der Waals surface area contributed by atoms with E-state index in [1.54, 1.807) is 17.0 Å². The highest BCUT2D eigenvalue weighted by Gasteiger charge is 2.26. The van der Waals surface area contributed by atoms with Gasteiger partial charge in [-0.15, -0.1) is 0 Å². The van der Waals surface area contributed by atoms with Crippen molar-refractivity contribution in [2.24, 2.45) is 4.99 Å². The predicted molar refractivity (Wildman–Crippen MR) is 102 cm³/mol. The number of hydrogen-bond acceptors (Lipinski definition) is 2. The average molecular weight is 347 g/mol. The fourth-order valence-corrected chi connectivity index (χ4v) is 3.12. The Morgan fingerprint density at radius 3 is 2.44 bits per heavy atom. The molecule has 0 aromatic heterocycles. The van der Waals surface area contributed by atoms with Gasteiger partial charge in [-0.3, -0.25) is 9.79 Å². The lowest BCUT2D eigenvalue weighted by Crippen LogP contribution is -2.34. The van der Waals surface area contributed by atoms with Crippen molar-refractivity contribution in [3.05, 3.63) is 95.0 Å². The maximum absolute atomic E-state index is 13.1. The molecule has 3 aromatic carbocycles. The molecule has 4 rings (SSSR count). The van der Waals surface area contributed by atoms with Gasteiger partial charge < -0.3 is 4.90 Å². The number of carbonyl (C=O) groups is 1. The van der Waals surface area contributed by atoms with Crippen LogP contribution in [0, 0.1) is 0 Å². The number of hydrogen-bond donors (Lipinski definition) is 0. The van der Waals surface area contributed by atoms with Crippen LogP contribution in [0.25, 0.3) is 0 Å². The fraction of sp³-hybridized carbons (Fsp3) is 0.0476. The van der Waals surface area contributed by atoms with Crippen LogP contribution in [0.1, 0.15) is 15.9 Å². The van der Waals surface area contributed by atoms with Gasteiger partial charge in [0.1, 0.15) is 0 Å². The van der Waals surface area contributed by atoms with Crippen LogP contribution in [-0.4, -0.2) is 18.2 Å². The molecule has 0 aliphatic carbocycles. The van der Waals surface area contributed by atoms with E-state index in [2.05, 4.69) is 0 Å². The fourth-order valence-electron chi connectivity index (χ4n) is 2.94. The maximum Gasteiger partial charge on any atom is 0.260 e. The number of fused-ring (bicyclic) bond motifs is 1. The summed E-state index contributed by atoms with van der Waals surface area (Å²) < 4.78 is 0. The lowest BCUT2D eigenvalue weighted by atomic mass is 10.1. The van der Waals surface area contributed by atoms with Crippen LogP contribution in [0.4, 0.5) is 11.4 Å². The first-order chi connectivity index (χ1) is 12.2. The van der Waals surface area contributed by atoms with Crippen molar-refractivity contribution < 1.29 is 4.79 Å². The van der Waals surface area contributed by atoms with E-state index in [-0.39, 0.29) is 5.91 Å². The molecule has 4 heteroatoms. The Kier molecular flexibility index (Phi) is 4.08. The molecule has 0 atom stereocenters. The molecule has 25 heavy (non-hydrogen) atoms. The summed E-state index contributed by atoms with van der Waals surface area (Å²) in [4.78, 5) is 19.6. The van der Waals surface area contributed by atoms with Crippen molar-refractivity contribution in [2.75, 3.05) is 11.4 Å². The molecule has 0 unspecified atom stereocenters. The third-order valence-corrected chi connectivity index (χ3v) is 4.40. The number of anilines is 1. The second-order valence-corrected chi connectivity index (χ2v) is 6.25. The van der Waals surface area contributed by atoms with Gasteiger partial charge in [-0.05, 0) is 35.9 Å². The van der Waals surface area contributed by atoms with Crippen LogP contribution in [0.5, 0.6) is 0 Å². The molecule has 3 aromatic rings. The molecule has 3 nitrogen and oxygen atoms in total. The first kappa shape index (κ1) is 15.6. The van der Waals surface area contributed by atoms with Crippen LogP contribution in [0.2, 0.25) is 5.02 Å². The van der Waals surface area contributed by atoms with Gasteiger partial charge in [0.15, 0.2) is 0 Å². The van der Waals surface area contributed by atoms with Gasteiger partial charge in [0.25, 0.3) is 5.91 Å². The van der Waals surface area contributed by atoms with Crippen LogP contribution < -0.4 is 4.90 Å². The summed E-state index contributed by atoms with van der Waals surface area (Å²) in [5, 5.41) is 0.598. The summed E-state index contributed by atoms with van der Waals surface area (Å²) in [7, 11) is 0. The van der Waals surface area contributed by atoms with E-state index in [1.807, 2.05) is 66.7 Å². The van der Waals surface area contributed by atoms with Gasteiger partial charge in [0.2, 0.25) is 0 Å². The van der Waals surface area contributed by atoms with E-state index in [0.29, 0.717) is 22.8 Å². The Balaban J connectivity index is 1.87. The molecule has 1 aliphatic rings. The highest BCUT2D eigenvalue weighted by Crippen LogP contribution is 2.29. The number of benzene rings is 3. The molecular formula is C21H15ClN2O. The Labute approximate surface area is 151 Å². The van der Waals surface area contributed by atoms with E-state index in [9.17, 15) is 4.79 Å². The molecule has 1 heterocycles. The van der Waals surface area contributed by atoms with E-state index >= 15 is 0 Å². The zero-order valence-electron chi connectivity index (χ0n) is 13.4. The van der Waals surface area contributed by atoms with Crippen molar-refractivity contribution in [3.63, 3.8) is 0 Å². The average Bonchev–Trinajstić information content (AvgIpc) is 2.80. The molecule has 1 amide bonds. The van der Waals surface area contributed by atoms with E-state index in [1.165, 1.54) is 0 Å². The second kappa shape index (κ2) is 6.54. The van der Waals surface area contributed by atoms with Gasteiger partial charge in [0.05, 0.1) is 23.5 Å². The molecule has 1 aliphatic heterocycles. The number of rotatable bonds is 2. The molecule has 0 saturated carbocycles. The van der Waals surface area contributed by atoms with Gasteiger partial charge in [0, 0.05) is 10.7 Å². The monoisotopic (exact) mass is 346 g/mol. The number of para-hydroxylation sites is 1. The Hall–Kier alpha value is -2.91. The van der Waals surface area contributed by atoms with E-state index < -0.39 is 0 Å². The molecule has 0 fully saturated rings. The van der Waals surface area contributed by atoms with Crippen LogP contribution in [0.3, 0.4) is 0 Å². The van der Waals surface area contributed by atoms with Crippen molar-refractivity contribution in [2.45, 2.75) is 0 Å². The Morgan fingerprint density at radius 1 is 0.880 bits per heavy atom. The largest absolute Gasteiger partial charge is 0.302 e. The van der Waals surface area contributed by atoms with Crippen LogP contribution in [0.15, 0.2) is 83.9 Å². The minimum atomic E-state index is -0.0763. The quantitative estimate of drug-likeness (QED) is 0.633. The number of amides is 1. The van der Waals surface area contributed by atoms with Gasteiger partial charge in [-0.25, -0.2) is 0 Å². The summed E-state index contributed by atoms with van der Waals surface area (Å²) in [6.45, 7) is 0.387. The first-order valence-corrected chi connectivity index (χ1v) is 8.39. The summed E-state index contributed by atoms with van der Waals surface area (Å²) in [6.07, 6.45) is 0. The van der Waals surface area contributed by atoms with Crippen molar-refractivity contribution in [1.82, 2.24) is 0 Å². The zero-order chi connectivity index (χ0) is 17.2. The second-order valence-electron chi connectivity index (χ2n) is 5.81. The summed E-state index contributed by atoms with van der Waals surface area (Å²) in [5.74, 6) is -0.0763. The minimum absolute atomic E-state index is 0.0763. The van der Waals surface area contributed by atoms with Gasteiger partial charge in [-0.1, -0.05) is 60.1 Å². The number of nitrogens with zero attached hydrogens (tertiary/aromatic N) is 2. The highest BCUT2D eigenvalue weighted by molar-refractivity contribution is 6.31. The molecule has 0 saturated heterocycles. The Bertz CT molecular complexity index is 966. The first-order valence-electron chi connectivity index (χ1n) is 8.02. The number of carbonyl (C=O) groups excluding carboxylic acids is 1. The van der Waals surface area contributed by atoms with Crippen molar-refractivity contribution in [1.29, 1.82) is 0 Å². The van der Waals surface area contributed by atoms with Gasteiger partial charge in [-0.2, -0.15) is 0 Å². The standard InChI is InChI=1S/C21H15ClN2O/c22-16-9-6-10-17(13-16)24-14-20(15-7-2-1-3-8-15)23-19-12-5-4-11-18(19)21(24)25/h1-13H,14H2. The maximum atomic E-state index is 13.1. The SMILES string of the molecule is O=C1c2ccccc2N=C(c2ccccc2)CN1c1cccc(Cl)c1. The molecular weight excluding hydrogens is 332 g/mol. The molecule has 0 radical (unpaired) electrons. The molecule has 0 spiro atoms. The topological polar surface area (TPSA) is 32.7 Å². The Morgan fingerprint density at radius 2 is 1.64 bits per heavy atom. The molecule has 0 N–H and O–H groups in total. The number of halogens is 1. The van der Waals surface area contributed by atoms with Crippen molar-refractivity contribution >= 4 is 34.6 Å². The summed E-state index contributed by atoms with van der Waals surface area (Å²) in [5.41, 5.74) is 3.89. The normalized spacial score (nSPS) is 13.9. The smallest absolute Gasteiger partial charge is 0.260 e. The lowest BCUT2D eigenvalue weighted by molar-refractivity contribution is 0.0992.